The molecule has 0 bridgehead atoms. The summed E-state index contributed by atoms with van der Waals surface area (Å²) in [5.41, 5.74) is 2.50. The first kappa shape index (κ1) is 36.6. The Kier molecular flexibility index (Phi) is 10.2. The summed E-state index contributed by atoms with van der Waals surface area (Å²) in [6.07, 6.45) is 9.58. The van der Waals surface area contributed by atoms with Crippen molar-refractivity contribution in [3.05, 3.63) is 67.9 Å². The second-order valence-electron chi connectivity index (χ2n) is 15.7. The molecular formula is C43H50N2O9. The Labute approximate surface area is 315 Å². The number of ketones is 1. The van der Waals surface area contributed by atoms with Gasteiger partial charge in [0.1, 0.15) is 34.7 Å². The third-order valence-corrected chi connectivity index (χ3v) is 12.5. The van der Waals surface area contributed by atoms with Crippen LogP contribution in [0.5, 0.6) is 17.2 Å². The molecule has 3 unspecified atom stereocenters. The lowest BCUT2D eigenvalue weighted by atomic mass is 9.75. The van der Waals surface area contributed by atoms with Crippen LogP contribution in [0.25, 0.3) is 11.6 Å². The van der Waals surface area contributed by atoms with Crippen molar-refractivity contribution < 1.29 is 43.5 Å². The summed E-state index contributed by atoms with van der Waals surface area (Å²) in [6, 6.07) is 5.93. The number of esters is 1. The summed E-state index contributed by atoms with van der Waals surface area (Å²) in [7, 11) is 0. The van der Waals surface area contributed by atoms with Crippen molar-refractivity contribution in [2.24, 2.45) is 10.9 Å². The average molecular weight is 739 g/mol. The number of hydrogen-bond donors (Lipinski definition) is 3. The second kappa shape index (κ2) is 15.1. The number of fused-ring (bicyclic) bond motifs is 3. The third kappa shape index (κ3) is 6.47. The number of rotatable bonds is 9. The minimum atomic E-state index is -1.20. The van der Waals surface area contributed by atoms with Crippen LogP contribution < -0.4 is 30.1 Å². The number of nitrogens with zero attached hydrogens (tertiary/aromatic N) is 1. The normalized spacial score (nSPS) is 25.3. The first-order valence-corrected chi connectivity index (χ1v) is 19.8. The molecule has 0 aromatic heterocycles. The number of carbonyl (C=O) groups excluding carboxylic acids is 3. The largest absolute Gasteiger partial charge is 0.489 e. The Hall–Kier alpha value is -4.32. The van der Waals surface area contributed by atoms with Crippen LogP contribution in [0.4, 0.5) is 0 Å². The number of carbonyl (C=O) groups is 3. The molecule has 2 aliphatic carbocycles. The topological polar surface area (TPSA) is 153 Å². The van der Waals surface area contributed by atoms with Crippen molar-refractivity contribution in [1.29, 1.82) is 0 Å². The van der Waals surface area contributed by atoms with Gasteiger partial charge >= 0.3 is 5.97 Å². The molecular weight excluding hydrogens is 688 g/mol. The molecule has 3 atom stereocenters. The van der Waals surface area contributed by atoms with Gasteiger partial charge in [0.05, 0.1) is 47.9 Å². The molecule has 286 valence electrons. The number of piperidine rings is 1. The van der Waals surface area contributed by atoms with Gasteiger partial charge in [-0.3, -0.25) is 14.6 Å². The zero-order valence-corrected chi connectivity index (χ0v) is 31.2. The van der Waals surface area contributed by atoms with Gasteiger partial charge in [0.15, 0.2) is 6.29 Å². The van der Waals surface area contributed by atoms with Gasteiger partial charge in [-0.15, -0.1) is 0 Å². The summed E-state index contributed by atoms with van der Waals surface area (Å²) in [5, 5.41) is 28.5. The molecule has 4 aliphatic heterocycles. The zero-order chi connectivity index (χ0) is 37.6. The highest BCUT2D eigenvalue weighted by molar-refractivity contribution is 6.11. The van der Waals surface area contributed by atoms with E-state index in [0.29, 0.717) is 65.9 Å². The molecule has 3 fully saturated rings. The van der Waals surface area contributed by atoms with Gasteiger partial charge in [-0.2, -0.15) is 0 Å². The highest BCUT2D eigenvalue weighted by Crippen LogP contribution is 2.57. The van der Waals surface area contributed by atoms with E-state index in [1.807, 2.05) is 31.2 Å². The number of nitrogens with one attached hydrogen (secondary N) is 1. The summed E-state index contributed by atoms with van der Waals surface area (Å²) >= 11 is 0. The fraction of sp³-hybridized carbons (Fsp3) is 0.535. The SMILES string of the molecule is CCOC(=O)C1=C(C=O)C(=C2CCC(=O)C(c3ccc4c(c3)=CCN=4)C2)c2c(c(CO)c3c(c2OC2CCCCC2)CC(C(C)(O)C2CCNCC2)O3)O1. The maximum Gasteiger partial charge on any atom is 0.375 e. The predicted octanol–water partition coefficient (Wildman–Crippen LogP) is 4.06. The van der Waals surface area contributed by atoms with E-state index in [9.17, 15) is 24.6 Å². The molecule has 2 aromatic carbocycles. The molecule has 4 heterocycles. The second-order valence-corrected chi connectivity index (χ2v) is 15.7. The molecule has 0 spiro atoms. The highest BCUT2D eigenvalue weighted by Gasteiger charge is 2.49. The molecule has 1 saturated heterocycles. The van der Waals surface area contributed by atoms with E-state index in [1.165, 1.54) is 0 Å². The molecule has 54 heavy (non-hydrogen) atoms. The number of allylic oxidation sites excluding steroid dienone is 3. The van der Waals surface area contributed by atoms with Crippen LogP contribution in [-0.2, 0) is 32.1 Å². The minimum absolute atomic E-state index is 0.0112. The summed E-state index contributed by atoms with van der Waals surface area (Å²) in [5.74, 6) is -0.447. The lowest BCUT2D eigenvalue weighted by molar-refractivity contribution is -0.141. The number of aliphatic hydroxyl groups excluding tert-OH is 1. The Morgan fingerprint density at radius 3 is 2.63 bits per heavy atom. The fourth-order valence-corrected chi connectivity index (χ4v) is 9.46. The fourth-order valence-electron chi connectivity index (χ4n) is 9.46. The average Bonchev–Trinajstić information content (AvgIpc) is 3.86. The van der Waals surface area contributed by atoms with Crippen LogP contribution in [0.15, 0.2) is 40.1 Å². The van der Waals surface area contributed by atoms with E-state index >= 15 is 0 Å². The van der Waals surface area contributed by atoms with Crippen molar-refractivity contribution in [2.75, 3.05) is 26.2 Å². The third-order valence-electron chi connectivity index (χ3n) is 12.5. The van der Waals surface area contributed by atoms with Crippen LogP contribution >= 0.6 is 0 Å². The Morgan fingerprint density at radius 2 is 1.89 bits per heavy atom. The van der Waals surface area contributed by atoms with E-state index < -0.39 is 30.2 Å². The maximum absolute atomic E-state index is 13.7. The molecule has 0 amide bonds. The smallest absolute Gasteiger partial charge is 0.375 e. The van der Waals surface area contributed by atoms with Crippen molar-refractivity contribution >= 4 is 29.7 Å². The van der Waals surface area contributed by atoms with E-state index in [2.05, 4.69) is 10.3 Å². The molecule has 6 aliphatic rings. The van der Waals surface area contributed by atoms with Crippen molar-refractivity contribution in [3.63, 3.8) is 0 Å². The summed E-state index contributed by atoms with van der Waals surface area (Å²) in [6.45, 7) is 5.28. The van der Waals surface area contributed by atoms with Crippen LogP contribution in [0, 0.1) is 5.92 Å². The highest BCUT2D eigenvalue weighted by atomic mass is 16.6. The summed E-state index contributed by atoms with van der Waals surface area (Å²) < 4.78 is 25.6. The lowest BCUT2D eigenvalue weighted by Gasteiger charge is -2.39. The van der Waals surface area contributed by atoms with Gasteiger partial charge < -0.3 is 34.5 Å². The number of aliphatic hydroxyl groups is 2. The molecule has 11 heteroatoms. The van der Waals surface area contributed by atoms with Crippen LogP contribution in [0.3, 0.4) is 0 Å². The van der Waals surface area contributed by atoms with Crippen molar-refractivity contribution in [3.8, 4) is 17.2 Å². The van der Waals surface area contributed by atoms with Gasteiger partial charge in [-0.1, -0.05) is 24.1 Å². The van der Waals surface area contributed by atoms with Gasteiger partial charge in [-0.25, -0.2) is 4.79 Å². The molecule has 2 aromatic rings. The van der Waals surface area contributed by atoms with E-state index in [1.54, 1.807) is 6.92 Å². The van der Waals surface area contributed by atoms with Gasteiger partial charge in [0.25, 0.3) is 0 Å². The van der Waals surface area contributed by atoms with E-state index in [-0.39, 0.29) is 47.9 Å². The standard InChI is InChI=1S/C43H50N2O9/c1-3-51-42(49)41-31(22-46)36(26-10-12-34(48)29(20-26)24-9-11-33-25(19-24)13-18-45-33)37-39(52-28-7-5-4-6-8-28)30-21-35(43(2,50)27-14-16-44-17-15-27)53-38(30)32(23-47)40(37)54-41/h9,11,13,19,22,27-29,35,44,47,50H,3-8,10,12,14-18,20-21,23H2,1-2H3. The number of hydrogen-bond acceptors (Lipinski definition) is 11. The molecule has 2 saturated carbocycles. The van der Waals surface area contributed by atoms with Crippen LogP contribution in [-0.4, -0.2) is 72.3 Å². The van der Waals surface area contributed by atoms with Crippen LogP contribution in [0.1, 0.15) is 106 Å². The minimum Gasteiger partial charge on any atom is -0.489 e. The Morgan fingerprint density at radius 1 is 1.09 bits per heavy atom. The molecule has 0 radical (unpaired) electrons. The van der Waals surface area contributed by atoms with E-state index in [4.69, 9.17) is 18.9 Å². The van der Waals surface area contributed by atoms with Gasteiger partial charge in [0, 0.05) is 29.9 Å². The quantitative estimate of drug-likeness (QED) is 0.254. The Balaban J connectivity index is 1.33. The zero-order valence-electron chi connectivity index (χ0n) is 31.2. The number of benzene rings is 2. The Bertz CT molecular complexity index is 2050. The number of Topliss-reactive ketones (excluding diaryl/α,β-unsaturated/α-hetero) is 1. The first-order valence-electron chi connectivity index (χ1n) is 19.8. The van der Waals surface area contributed by atoms with Crippen molar-refractivity contribution in [2.45, 2.75) is 115 Å². The predicted molar refractivity (Wildman–Crippen MR) is 200 cm³/mol. The van der Waals surface area contributed by atoms with E-state index in [0.717, 1.165) is 79.7 Å². The first-order chi connectivity index (χ1) is 26.2. The van der Waals surface area contributed by atoms with Crippen molar-refractivity contribution in [1.82, 2.24) is 5.32 Å². The number of ether oxygens (including phenoxy) is 4. The molecule has 8 rings (SSSR count). The monoisotopic (exact) mass is 738 g/mol. The molecule has 11 nitrogen and oxygen atoms in total. The number of aldehydes is 1. The molecule has 3 N–H and O–H groups in total. The van der Waals surface area contributed by atoms with Gasteiger partial charge in [0.2, 0.25) is 5.76 Å². The van der Waals surface area contributed by atoms with Crippen LogP contribution in [0.2, 0.25) is 0 Å². The van der Waals surface area contributed by atoms with Gasteiger partial charge in [-0.05, 0) is 107 Å². The summed E-state index contributed by atoms with van der Waals surface area (Å²) in [4.78, 5) is 45.1. The maximum atomic E-state index is 13.7. The lowest BCUT2D eigenvalue weighted by Crippen LogP contribution is -2.51.